The molecule has 0 spiro atoms. The number of hydrogen-bond acceptors (Lipinski definition) is 8. The average molecular weight is 525 g/mol. The fourth-order valence-corrected chi connectivity index (χ4v) is 4.95. The molecule has 6 atom stereocenters. The third-order valence-electron chi connectivity index (χ3n) is 6.58. The highest BCUT2D eigenvalue weighted by atomic mass is 32.1. The van der Waals surface area contributed by atoms with Gasteiger partial charge in [0.1, 0.15) is 41.4 Å². The standard InChI is InChI=1S/C29H32O7S/c1-30-22-12-8-19(9-13-22)16-32-26-25-24(18-34-28(36-25)21-6-4-3-5-7-21)35-29(37)27(26)33-17-20-10-14-23(31-2)15-11-20/h3-15,24-29,37H,16-18H2,1-2H3/t24-,25-,26+,27+,28?,29-/m1/s1. The molecular formula is C29H32O7S. The Kier molecular flexibility index (Phi) is 8.66. The van der Waals surface area contributed by atoms with Crippen LogP contribution in [-0.2, 0) is 36.9 Å². The highest BCUT2D eigenvalue weighted by Crippen LogP contribution is 2.37. The smallest absolute Gasteiger partial charge is 0.184 e. The van der Waals surface area contributed by atoms with Crippen LogP contribution in [0.1, 0.15) is 23.0 Å². The van der Waals surface area contributed by atoms with Gasteiger partial charge in [0.2, 0.25) is 0 Å². The lowest BCUT2D eigenvalue weighted by molar-refractivity contribution is -0.329. The van der Waals surface area contributed by atoms with Crippen molar-refractivity contribution in [3.8, 4) is 11.5 Å². The predicted octanol–water partition coefficient (Wildman–Crippen LogP) is 4.94. The summed E-state index contributed by atoms with van der Waals surface area (Å²) >= 11 is 4.73. The first kappa shape index (κ1) is 26.0. The van der Waals surface area contributed by atoms with E-state index in [1.807, 2.05) is 78.9 Å². The average Bonchev–Trinajstić information content (AvgIpc) is 2.96. The second-order valence-corrected chi connectivity index (χ2v) is 9.50. The number of ether oxygens (including phenoxy) is 7. The van der Waals surface area contributed by atoms with Gasteiger partial charge >= 0.3 is 0 Å². The van der Waals surface area contributed by atoms with Crippen molar-refractivity contribution in [3.05, 3.63) is 95.6 Å². The quantitative estimate of drug-likeness (QED) is 0.398. The third-order valence-corrected chi connectivity index (χ3v) is 6.99. The molecule has 2 aliphatic heterocycles. The molecule has 37 heavy (non-hydrogen) atoms. The van der Waals surface area contributed by atoms with Crippen LogP contribution < -0.4 is 9.47 Å². The van der Waals surface area contributed by atoms with Crippen LogP contribution in [0.4, 0.5) is 0 Å². The SMILES string of the molecule is COc1ccc(CO[C@@H]2[C@H](OCc3ccc(OC)cc3)[C@@H](S)O[C@@H]3COC(c4ccccc4)O[C@@H]23)cc1. The molecule has 2 aliphatic rings. The van der Waals surface area contributed by atoms with Crippen molar-refractivity contribution in [3.63, 3.8) is 0 Å². The van der Waals surface area contributed by atoms with Gasteiger partial charge in [-0.1, -0.05) is 54.6 Å². The minimum atomic E-state index is -0.517. The number of hydrogen-bond donors (Lipinski definition) is 1. The fraction of sp³-hybridized carbons (Fsp3) is 0.379. The van der Waals surface area contributed by atoms with E-state index in [4.69, 9.17) is 45.8 Å². The van der Waals surface area contributed by atoms with Crippen LogP contribution >= 0.6 is 12.6 Å². The van der Waals surface area contributed by atoms with Gasteiger partial charge in [0, 0.05) is 5.56 Å². The van der Waals surface area contributed by atoms with E-state index in [1.54, 1.807) is 14.2 Å². The van der Waals surface area contributed by atoms with E-state index in [0.717, 1.165) is 28.2 Å². The van der Waals surface area contributed by atoms with E-state index in [0.29, 0.717) is 19.8 Å². The molecule has 0 radical (unpaired) electrons. The van der Waals surface area contributed by atoms with Gasteiger partial charge in [0.05, 0.1) is 34.0 Å². The fourth-order valence-electron chi connectivity index (χ4n) is 4.54. The second kappa shape index (κ2) is 12.3. The molecule has 7 nitrogen and oxygen atoms in total. The van der Waals surface area contributed by atoms with Crippen molar-refractivity contribution in [2.45, 2.75) is 49.4 Å². The molecule has 0 N–H and O–H groups in total. The number of benzene rings is 3. The molecule has 2 saturated heterocycles. The van der Waals surface area contributed by atoms with E-state index in [9.17, 15) is 0 Å². The molecule has 8 heteroatoms. The Hall–Kier alpha value is -2.59. The lowest BCUT2D eigenvalue weighted by Gasteiger charge is -2.48. The molecule has 0 saturated carbocycles. The molecule has 3 aromatic rings. The molecule has 0 bridgehead atoms. The van der Waals surface area contributed by atoms with Crippen molar-refractivity contribution in [2.75, 3.05) is 20.8 Å². The van der Waals surface area contributed by atoms with E-state index in [2.05, 4.69) is 0 Å². The Bertz CT molecular complexity index is 1110. The van der Waals surface area contributed by atoms with Crippen LogP contribution in [0.15, 0.2) is 78.9 Å². The molecule has 2 heterocycles. The van der Waals surface area contributed by atoms with Crippen molar-refractivity contribution in [2.24, 2.45) is 0 Å². The van der Waals surface area contributed by atoms with Crippen molar-refractivity contribution >= 4 is 12.6 Å². The maximum atomic E-state index is 6.51. The maximum Gasteiger partial charge on any atom is 0.184 e. The van der Waals surface area contributed by atoms with Crippen LogP contribution in [0.2, 0.25) is 0 Å². The third kappa shape index (κ3) is 6.29. The molecule has 5 rings (SSSR count). The first-order chi connectivity index (χ1) is 18.1. The van der Waals surface area contributed by atoms with Gasteiger partial charge in [0.15, 0.2) is 6.29 Å². The summed E-state index contributed by atoms with van der Waals surface area (Å²) in [6.45, 7) is 1.11. The molecule has 2 fully saturated rings. The number of fused-ring (bicyclic) bond motifs is 1. The Morgan fingerprint density at radius 3 is 1.86 bits per heavy atom. The van der Waals surface area contributed by atoms with E-state index < -0.39 is 30.0 Å². The van der Waals surface area contributed by atoms with Crippen LogP contribution in [0.5, 0.6) is 11.5 Å². The van der Waals surface area contributed by atoms with Crippen molar-refractivity contribution in [1.29, 1.82) is 0 Å². The highest BCUT2D eigenvalue weighted by molar-refractivity contribution is 7.80. The molecular weight excluding hydrogens is 492 g/mol. The van der Waals surface area contributed by atoms with E-state index >= 15 is 0 Å². The van der Waals surface area contributed by atoms with Gasteiger partial charge in [-0.25, -0.2) is 0 Å². The van der Waals surface area contributed by atoms with Gasteiger partial charge in [-0.05, 0) is 35.4 Å². The van der Waals surface area contributed by atoms with Crippen LogP contribution in [-0.4, -0.2) is 50.7 Å². The summed E-state index contributed by atoms with van der Waals surface area (Å²) in [6.07, 6.45) is -2.15. The van der Waals surface area contributed by atoms with Gasteiger partial charge in [-0.15, -0.1) is 12.6 Å². The van der Waals surface area contributed by atoms with Crippen molar-refractivity contribution in [1.82, 2.24) is 0 Å². The highest BCUT2D eigenvalue weighted by Gasteiger charge is 2.50. The zero-order chi connectivity index (χ0) is 25.6. The monoisotopic (exact) mass is 524 g/mol. The summed E-state index contributed by atoms with van der Waals surface area (Å²) < 4.78 is 42.1. The summed E-state index contributed by atoms with van der Waals surface area (Å²) in [4.78, 5) is 0. The predicted molar refractivity (Wildman–Crippen MR) is 141 cm³/mol. The normalized spacial score (nSPS) is 27.3. The van der Waals surface area contributed by atoms with E-state index in [-0.39, 0.29) is 6.10 Å². The molecule has 0 aliphatic carbocycles. The summed E-state index contributed by atoms with van der Waals surface area (Å²) in [5.41, 5.74) is 2.45. The first-order valence-electron chi connectivity index (χ1n) is 12.3. The minimum absolute atomic E-state index is 0.329. The summed E-state index contributed by atoms with van der Waals surface area (Å²) in [5, 5.41) is 0. The Balaban J connectivity index is 1.35. The second-order valence-electron chi connectivity index (χ2n) is 8.99. The topological polar surface area (TPSA) is 64.6 Å². The largest absolute Gasteiger partial charge is 0.497 e. The lowest BCUT2D eigenvalue weighted by atomic mass is 9.98. The lowest BCUT2D eigenvalue weighted by Crippen LogP contribution is -2.61. The number of thiol groups is 1. The molecule has 0 amide bonds. The Labute approximate surface area is 222 Å². The first-order valence-corrected chi connectivity index (χ1v) is 12.8. The summed E-state index contributed by atoms with van der Waals surface area (Å²) in [7, 11) is 3.30. The minimum Gasteiger partial charge on any atom is -0.497 e. The van der Waals surface area contributed by atoms with Crippen molar-refractivity contribution < 1.29 is 33.2 Å². The Morgan fingerprint density at radius 2 is 1.30 bits per heavy atom. The molecule has 0 aromatic heterocycles. The zero-order valence-electron chi connectivity index (χ0n) is 20.9. The van der Waals surface area contributed by atoms with Crippen LogP contribution in [0.3, 0.4) is 0 Å². The van der Waals surface area contributed by atoms with Gasteiger partial charge in [-0.2, -0.15) is 0 Å². The number of rotatable bonds is 9. The summed E-state index contributed by atoms with van der Waals surface area (Å²) in [5.74, 6) is 1.59. The molecule has 1 unspecified atom stereocenters. The molecule has 196 valence electrons. The zero-order valence-corrected chi connectivity index (χ0v) is 21.8. The van der Waals surface area contributed by atoms with E-state index in [1.165, 1.54) is 0 Å². The Morgan fingerprint density at radius 1 is 0.730 bits per heavy atom. The van der Waals surface area contributed by atoms with Gasteiger partial charge in [-0.3, -0.25) is 0 Å². The summed E-state index contributed by atoms with van der Waals surface area (Å²) in [6, 6.07) is 25.4. The van der Waals surface area contributed by atoms with Crippen LogP contribution in [0, 0.1) is 0 Å². The van der Waals surface area contributed by atoms with Gasteiger partial charge < -0.3 is 33.2 Å². The van der Waals surface area contributed by atoms with Crippen LogP contribution in [0.25, 0.3) is 0 Å². The van der Waals surface area contributed by atoms with Gasteiger partial charge in [0.25, 0.3) is 0 Å². The maximum absolute atomic E-state index is 6.51. The number of methoxy groups -OCH3 is 2. The molecule has 3 aromatic carbocycles.